The molecule has 0 aliphatic rings. The number of benzene rings is 3. The van der Waals surface area contributed by atoms with Gasteiger partial charge in [-0.25, -0.2) is 0 Å². The summed E-state index contributed by atoms with van der Waals surface area (Å²) in [4.78, 5) is 0. The highest BCUT2D eigenvalue weighted by molar-refractivity contribution is 5.99. The summed E-state index contributed by atoms with van der Waals surface area (Å²) < 4.78 is 0. The zero-order valence-electron chi connectivity index (χ0n) is 15.3. The van der Waals surface area contributed by atoms with E-state index in [0.29, 0.717) is 0 Å². The minimum Gasteiger partial charge on any atom is -0.0984 e. The van der Waals surface area contributed by atoms with Crippen LogP contribution in [0.4, 0.5) is 0 Å². The average Bonchev–Trinajstić information content (AvgIpc) is 2.70. The van der Waals surface area contributed by atoms with Crippen LogP contribution in [0.5, 0.6) is 0 Å². The first-order valence-corrected chi connectivity index (χ1v) is 8.71. The molecule has 0 unspecified atom stereocenters. The van der Waals surface area contributed by atoms with Crippen LogP contribution in [0.1, 0.15) is 38.8 Å². The number of hydrogen-bond donors (Lipinski definition) is 0. The van der Waals surface area contributed by atoms with Crippen LogP contribution in [0.15, 0.2) is 73.8 Å². The molecule has 0 heteroatoms. The summed E-state index contributed by atoms with van der Waals surface area (Å²) >= 11 is 0. The van der Waals surface area contributed by atoms with E-state index in [1.165, 1.54) is 21.9 Å². The quantitative estimate of drug-likeness (QED) is 0.461. The first kappa shape index (κ1) is 19.4. The third-order valence-corrected chi connectivity index (χ3v) is 3.64. The summed E-state index contributed by atoms with van der Waals surface area (Å²) in [7, 11) is 0. The van der Waals surface area contributed by atoms with Crippen LogP contribution in [0.2, 0.25) is 0 Å². The third kappa shape index (κ3) is 4.02. The lowest BCUT2D eigenvalue weighted by Gasteiger charge is -2.12. The summed E-state index contributed by atoms with van der Waals surface area (Å²) in [5, 5.41) is 2.52. The molecule has 0 saturated carbocycles. The van der Waals surface area contributed by atoms with Gasteiger partial charge in [0.05, 0.1) is 0 Å². The molecule has 0 fully saturated rings. The van der Waals surface area contributed by atoms with Crippen LogP contribution in [0, 0.1) is 0 Å². The van der Waals surface area contributed by atoms with E-state index in [2.05, 4.69) is 73.8 Å². The second-order valence-corrected chi connectivity index (χ2v) is 4.74. The standard InChI is InChI=1S/C20H16.2C2H6/c1-3-15-10-7-13-19(17(15)4-2)20-14-8-11-16-9-5-6-12-18(16)20;2*1-2/h3-14H,1-2H2;2*1-2H3. The van der Waals surface area contributed by atoms with E-state index in [9.17, 15) is 0 Å². The predicted molar refractivity (Wildman–Crippen MR) is 112 cm³/mol. The fraction of sp³-hybridized carbons (Fsp3) is 0.167. The summed E-state index contributed by atoms with van der Waals surface area (Å²) in [6.07, 6.45) is 3.79. The second kappa shape index (κ2) is 10.2. The van der Waals surface area contributed by atoms with Crippen molar-refractivity contribution >= 4 is 22.9 Å². The van der Waals surface area contributed by atoms with E-state index >= 15 is 0 Å². The van der Waals surface area contributed by atoms with Gasteiger partial charge in [-0.2, -0.15) is 0 Å². The maximum Gasteiger partial charge on any atom is -0.00992 e. The molecule has 0 aliphatic heterocycles. The van der Waals surface area contributed by atoms with Crippen molar-refractivity contribution in [3.05, 3.63) is 84.9 Å². The minimum atomic E-state index is 1.12. The average molecular weight is 316 g/mol. The van der Waals surface area contributed by atoms with Gasteiger partial charge in [0, 0.05) is 0 Å². The van der Waals surface area contributed by atoms with Gasteiger partial charge < -0.3 is 0 Å². The molecule has 24 heavy (non-hydrogen) atoms. The molecule has 0 aromatic heterocycles. The Balaban J connectivity index is 0.000000671. The second-order valence-electron chi connectivity index (χ2n) is 4.74. The SMILES string of the molecule is C=Cc1cccc(-c2cccc3ccccc23)c1C=C.CC.CC. The highest BCUT2D eigenvalue weighted by Crippen LogP contribution is 2.33. The molecule has 0 nitrogen and oxygen atoms in total. The van der Waals surface area contributed by atoms with E-state index in [1.54, 1.807) is 0 Å². The van der Waals surface area contributed by atoms with Gasteiger partial charge in [-0.1, -0.05) is 114 Å². The van der Waals surface area contributed by atoms with Crippen LogP contribution in [-0.2, 0) is 0 Å². The topological polar surface area (TPSA) is 0 Å². The number of fused-ring (bicyclic) bond motifs is 1. The molecular weight excluding hydrogens is 288 g/mol. The Morgan fingerprint density at radius 2 is 1.21 bits per heavy atom. The van der Waals surface area contributed by atoms with Crippen molar-refractivity contribution in [2.45, 2.75) is 27.7 Å². The molecule has 0 bridgehead atoms. The third-order valence-electron chi connectivity index (χ3n) is 3.64. The van der Waals surface area contributed by atoms with Gasteiger partial charge in [0.25, 0.3) is 0 Å². The highest BCUT2D eigenvalue weighted by Gasteiger charge is 2.08. The molecule has 3 aromatic rings. The van der Waals surface area contributed by atoms with E-state index in [0.717, 1.165) is 11.1 Å². The van der Waals surface area contributed by atoms with Crippen LogP contribution >= 0.6 is 0 Å². The predicted octanol–water partition coefficient (Wildman–Crippen LogP) is 7.85. The molecule has 3 rings (SSSR count). The van der Waals surface area contributed by atoms with Crippen molar-refractivity contribution in [3.8, 4) is 11.1 Å². The van der Waals surface area contributed by atoms with Crippen LogP contribution in [-0.4, -0.2) is 0 Å². The molecular formula is C24H28. The molecule has 0 radical (unpaired) electrons. The van der Waals surface area contributed by atoms with E-state index in [1.807, 2.05) is 39.8 Å². The highest BCUT2D eigenvalue weighted by atomic mass is 14.1. The fourth-order valence-corrected chi connectivity index (χ4v) is 2.68. The van der Waals surface area contributed by atoms with Crippen molar-refractivity contribution in [1.29, 1.82) is 0 Å². The Labute approximate surface area is 147 Å². The molecule has 0 atom stereocenters. The summed E-state index contributed by atoms with van der Waals surface area (Å²) in [5.74, 6) is 0. The zero-order valence-corrected chi connectivity index (χ0v) is 15.3. The first-order valence-electron chi connectivity index (χ1n) is 8.71. The summed E-state index contributed by atoms with van der Waals surface area (Å²) in [5.41, 5.74) is 4.69. The van der Waals surface area contributed by atoms with Gasteiger partial charge in [0.2, 0.25) is 0 Å². The summed E-state index contributed by atoms with van der Waals surface area (Å²) in [6.45, 7) is 15.8. The van der Waals surface area contributed by atoms with Crippen molar-refractivity contribution in [1.82, 2.24) is 0 Å². The van der Waals surface area contributed by atoms with Crippen LogP contribution in [0.25, 0.3) is 34.1 Å². The molecule has 0 amide bonds. The molecule has 0 heterocycles. The van der Waals surface area contributed by atoms with Crippen LogP contribution < -0.4 is 0 Å². The van der Waals surface area contributed by atoms with Crippen LogP contribution in [0.3, 0.4) is 0 Å². The van der Waals surface area contributed by atoms with Crippen molar-refractivity contribution < 1.29 is 0 Å². The lowest BCUT2D eigenvalue weighted by Crippen LogP contribution is -1.88. The number of hydrogen-bond acceptors (Lipinski definition) is 0. The van der Waals surface area contributed by atoms with Gasteiger partial charge >= 0.3 is 0 Å². The van der Waals surface area contributed by atoms with Crippen molar-refractivity contribution in [2.24, 2.45) is 0 Å². The van der Waals surface area contributed by atoms with E-state index in [4.69, 9.17) is 0 Å². The summed E-state index contributed by atoms with van der Waals surface area (Å²) in [6, 6.07) is 21.2. The Bertz CT molecular complexity index is 789. The van der Waals surface area contributed by atoms with Gasteiger partial charge in [-0.3, -0.25) is 0 Å². The van der Waals surface area contributed by atoms with E-state index < -0.39 is 0 Å². The molecule has 0 N–H and O–H groups in total. The molecule has 0 aliphatic carbocycles. The lowest BCUT2D eigenvalue weighted by molar-refractivity contribution is 1.50. The molecule has 3 aromatic carbocycles. The Hall–Kier alpha value is -2.60. The Kier molecular flexibility index (Phi) is 8.29. The van der Waals surface area contributed by atoms with Gasteiger partial charge in [-0.05, 0) is 33.0 Å². The normalized spacial score (nSPS) is 9.17. The molecule has 0 saturated heterocycles. The molecule has 124 valence electrons. The smallest absolute Gasteiger partial charge is 0.00992 e. The Morgan fingerprint density at radius 3 is 1.88 bits per heavy atom. The van der Waals surface area contributed by atoms with Gasteiger partial charge in [0.15, 0.2) is 0 Å². The van der Waals surface area contributed by atoms with Crippen molar-refractivity contribution in [2.75, 3.05) is 0 Å². The first-order chi connectivity index (χ1) is 11.8. The van der Waals surface area contributed by atoms with Gasteiger partial charge in [-0.15, -0.1) is 0 Å². The zero-order chi connectivity index (χ0) is 17.9. The maximum absolute atomic E-state index is 3.96. The van der Waals surface area contributed by atoms with Crippen molar-refractivity contribution in [3.63, 3.8) is 0 Å². The fourth-order valence-electron chi connectivity index (χ4n) is 2.68. The molecule has 0 spiro atoms. The number of rotatable bonds is 3. The minimum absolute atomic E-state index is 1.12. The van der Waals surface area contributed by atoms with Gasteiger partial charge in [0.1, 0.15) is 0 Å². The monoisotopic (exact) mass is 316 g/mol. The van der Waals surface area contributed by atoms with E-state index in [-0.39, 0.29) is 0 Å². The lowest BCUT2D eigenvalue weighted by atomic mass is 9.92. The largest absolute Gasteiger partial charge is 0.0984 e. The maximum atomic E-state index is 3.96. The Morgan fingerprint density at radius 1 is 0.625 bits per heavy atom.